The molecule has 0 unspecified atom stereocenters. The van der Waals surface area contributed by atoms with E-state index in [-0.39, 0.29) is 22.7 Å². The summed E-state index contributed by atoms with van der Waals surface area (Å²) in [6.07, 6.45) is -4.81. The molecule has 0 bridgehead atoms. The summed E-state index contributed by atoms with van der Waals surface area (Å²) in [6.45, 7) is 1.76. The number of carbonyl (C=O) groups is 1. The topological polar surface area (TPSA) is 75.7 Å². The van der Waals surface area contributed by atoms with Crippen molar-refractivity contribution in [3.05, 3.63) is 119 Å². The van der Waals surface area contributed by atoms with E-state index in [1.165, 1.54) is 40.7 Å². The molecule has 1 amide bonds. The number of benzene rings is 4. The molecule has 0 fully saturated rings. The first-order valence-corrected chi connectivity index (χ1v) is 13.3. The average molecular weight is 575 g/mol. The number of aryl methyl sites for hydroxylation is 1. The molecule has 0 aromatic heterocycles. The Balaban J connectivity index is 1.55. The first-order valence-electron chi connectivity index (χ1n) is 11.5. The van der Waals surface area contributed by atoms with Gasteiger partial charge in [-0.3, -0.25) is 9.10 Å². The number of carbonyl (C=O) groups excluding carboxylic acids is 1. The minimum atomic E-state index is -4.81. The fourth-order valence-electron chi connectivity index (χ4n) is 3.74. The molecule has 0 atom stereocenters. The number of amides is 1. The van der Waals surface area contributed by atoms with E-state index in [9.17, 15) is 26.4 Å². The Kier molecular flexibility index (Phi) is 8.17. The van der Waals surface area contributed by atoms with Crippen molar-refractivity contribution >= 4 is 38.9 Å². The van der Waals surface area contributed by atoms with Crippen LogP contribution >= 0.6 is 11.6 Å². The molecule has 6 nitrogen and oxygen atoms in total. The summed E-state index contributed by atoms with van der Waals surface area (Å²) < 4.78 is 69.4. The number of nitrogens with zero attached hydrogens (tertiary/aromatic N) is 1. The predicted molar refractivity (Wildman–Crippen MR) is 144 cm³/mol. The Morgan fingerprint density at radius 2 is 1.56 bits per heavy atom. The van der Waals surface area contributed by atoms with Crippen LogP contribution < -0.4 is 14.4 Å². The Morgan fingerprint density at radius 3 is 2.18 bits per heavy atom. The van der Waals surface area contributed by atoms with E-state index in [2.05, 4.69) is 10.1 Å². The van der Waals surface area contributed by atoms with Crippen molar-refractivity contribution in [1.29, 1.82) is 0 Å². The van der Waals surface area contributed by atoms with Gasteiger partial charge in [-0.25, -0.2) is 8.42 Å². The van der Waals surface area contributed by atoms with E-state index in [1.54, 1.807) is 55.5 Å². The zero-order chi connectivity index (χ0) is 28.2. The van der Waals surface area contributed by atoms with Crippen LogP contribution in [-0.2, 0) is 16.6 Å². The van der Waals surface area contributed by atoms with Gasteiger partial charge in [0.15, 0.2) is 0 Å². The third kappa shape index (κ3) is 7.10. The van der Waals surface area contributed by atoms with Gasteiger partial charge < -0.3 is 10.1 Å². The lowest BCUT2D eigenvalue weighted by Gasteiger charge is -2.26. The second kappa shape index (κ2) is 11.4. The third-order valence-electron chi connectivity index (χ3n) is 5.66. The van der Waals surface area contributed by atoms with Crippen molar-refractivity contribution in [2.24, 2.45) is 0 Å². The number of anilines is 2. The Morgan fingerprint density at radius 1 is 0.923 bits per heavy atom. The van der Waals surface area contributed by atoms with Gasteiger partial charge in [0.1, 0.15) is 5.75 Å². The molecule has 11 heteroatoms. The molecule has 39 heavy (non-hydrogen) atoms. The van der Waals surface area contributed by atoms with Crippen molar-refractivity contribution in [3.63, 3.8) is 0 Å². The van der Waals surface area contributed by atoms with Crippen LogP contribution in [-0.4, -0.2) is 20.7 Å². The molecule has 0 saturated carbocycles. The van der Waals surface area contributed by atoms with Crippen LogP contribution in [0.2, 0.25) is 5.02 Å². The van der Waals surface area contributed by atoms with Crippen molar-refractivity contribution in [2.45, 2.75) is 24.7 Å². The summed E-state index contributed by atoms with van der Waals surface area (Å²) in [7, 11) is -3.96. The molecule has 0 aliphatic rings. The third-order valence-corrected chi connectivity index (χ3v) is 7.67. The second-order valence-electron chi connectivity index (χ2n) is 8.48. The molecule has 0 saturated heterocycles. The van der Waals surface area contributed by atoms with E-state index >= 15 is 0 Å². The molecule has 4 aromatic carbocycles. The van der Waals surface area contributed by atoms with Crippen LogP contribution in [0.4, 0.5) is 24.5 Å². The average Bonchev–Trinajstić information content (AvgIpc) is 2.90. The molecule has 4 rings (SSSR count). The van der Waals surface area contributed by atoms with Crippen molar-refractivity contribution in [3.8, 4) is 5.75 Å². The maximum Gasteiger partial charge on any atom is 0.573 e. The molecular weight excluding hydrogens is 553 g/mol. The summed E-state index contributed by atoms with van der Waals surface area (Å²) in [5.74, 6) is -0.903. The fraction of sp³-hybridized carbons (Fsp3) is 0.107. The number of rotatable bonds is 8. The van der Waals surface area contributed by atoms with Gasteiger partial charge >= 0.3 is 6.36 Å². The molecule has 4 aromatic rings. The van der Waals surface area contributed by atoms with Gasteiger partial charge in [-0.15, -0.1) is 13.2 Å². The van der Waals surface area contributed by atoms with E-state index in [0.717, 1.165) is 12.1 Å². The minimum Gasteiger partial charge on any atom is -0.406 e. The lowest BCUT2D eigenvalue weighted by Crippen LogP contribution is -2.31. The quantitative estimate of drug-likeness (QED) is 0.242. The zero-order valence-electron chi connectivity index (χ0n) is 20.4. The Hall–Kier alpha value is -4.02. The monoisotopic (exact) mass is 574 g/mol. The standard InChI is InChI=1S/C28H22ClF3N2O4S/c1-19-7-12-22(29)17-26(19)34(39(36,37)25-5-3-2-4-6-25)18-20-8-10-21(11-9-20)27(35)33-23-13-15-24(16-14-23)38-28(30,31)32/h2-17H,18H2,1H3,(H,33,35). The van der Waals surface area contributed by atoms with Crippen LogP contribution in [0.5, 0.6) is 5.75 Å². The second-order valence-corrected chi connectivity index (χ2v) is 10.8. The normalized spacial score (nSPS) is 11.6. The van der Waals surface area contributed by atoms with Crippen LogP contribution in [0.1, 0.15) is 21.5 Å². The number of ether oxygens (including phenoxy) is 1. The van der Waals surface area contributed by atoms with E-state index in [0.29, 0.717) is 21.8 Å². The summed E-state index contributed by atoms with van der Waals surface area (Å²) >= 11 is 6.20. The van der Waals surface area contributed by atoms with Gasteiger partial charge in [0.2, 0.25) is 0 Å². The first-order chi connectivity index (χ1) is 18.4. The number of sulfonamides is 1. The fourth-order valence-corrected chi connectivity index (χ4v) is 5.44. The number of halogens is 4. The summed E-state index contributed by atoms with van der Waals surface area (Å²) in [5.41, 5.74) is 2.28. The number of alkyl halides is 3. The number of nitrogens with one attached hydrogen (secondary N) is 1. The molecule has 0 radical (unpaired) electrons. The van der Waals surface area contributed by atoms with Gasteiger partial charge in [-0.05, 0) is 78.7 Å². The molecular formula is C28H22ClF3N2O4S. The molecule has 0 spiro atoms. The SMILES string of the molecule is Cc1ccc(Cl)cc1N(Cc1ccc(C(=O)Nc2ccc(OC(F)(F)F)cc2)cc1)S(=O)(=O)c1ccccc1. The van der Waals surface area contributed by atoms with E-state index < -0.39 is 28.0 Å². The molecule has 0 heterocycles. The molecule has 202 valence electrons. The largest absolute Gasteiger partial charge is 0.573 e. The lowest BCUT2D eigenvalue weighted by molar-refractivity contribution is -0.274. The Labute approximate surface area is 228 Å². The van der Waals surface area contributed by atoms with Crippen LogP contribution in [0.25, 0.3) is 0 Å². The maximum atomic E-state index is 13.6. The van der Waals surface area contributed by atoms with Crippen molar-refractivity contribution in [1.82, 2.24) is 0 Å². The number of hydrogen-bond acceptors (Lipinski definition) is 4. The molecule has 0 aliphatic heterocycles. The maximum absolute atomic E-state index is 13.6. The van der Waals surface area contributed by atoms with Crippen LogP contribution in [0, 0.1) is 6.92 Å². The summed E-state index contributed by atoms with van der Waals surface area (Å²) in [4.78, 5) is 12.8. The van der Waals surface area contributed by atoms with E-state index in [1.807, 2.05) is 0 Å². The van der Waals surface area contributed by atoms with Crippen molar-refractivity contribution < 1.29 is 31.1 Å². The van der Waals surface area contributed by atoms with Crippen LogP contribution in [0.3, 0.4) is 0 Å². The summed E-state index contributed by atoms with van der Waals surface area (Å²) in [5, 5.41) is 2.98. The van der Waals surface area contributed by atoms with Gasteiger partial charge in [0.05, 0.1) is 17.1 Å². The highest BCUT2D eigenvalue weighted by Crippen LogP contribution is 2.31. The highest BCUT2D eigenvalue weighted by atomic mass is 35.5. The Bertz CT molecular complexity index is 1560. The highest BCUT2D eigenvalue weighted by Gasteiger charge is 2.31. The van der Waals surface area contributed by atoms with Crippen LogP contribution in [0.15, 0.2) is 102 Å². The molecule has 0 aliphatic carbocycles. The molecule has 1 N–H and O–H groups in total. The highest BCUT2D eigenvalue weighted by molar-refractivity contribution is 7.92. The van der Waals surface area contributed by atoms with Gasteiger partial charge in [0.25, 0.3) is 15.9 Å². The van der Waals surface area contributed by atoms with Gasteiger partial charge in [-0.2, -0.15) is 0 Å². The smallest absolute Gasteiger partial charge is 0.406 e. The summed E-state index contributed by atoms with van der Waals surface area (Å²) in [6, 6.07) is 24.1. The van der Waals surface area contributed by atoms with Gasteiger partial charge in [-0.1, -0.05) is 48.0 Å². The lowest BCUT2D eigenvalue weighted by atomic mass is 10.1. The first kappa shape index (κ1) is 28.0. The van der Waals surface area contributed by atoms with E-state index in [4.69, 9.17) is 11.6 Å². The zero-order valence-corrected chi connectivity index (χ0v) is 22.0. The minimum absolute atomic E-state index is 0.0268. The van der Waals surface area contributed by atoms with Crippen molar-refractivity contribution in [2.75, 3.05) is 9.62 Å². The number of hydrogen-bond donors (Lipinski definition) is 1. The predicted octanol–water partition coefficient (Wildman–Crippen LogP) is 7.19. The van der Waals surface area contributed by atoms with Gasteiger partial charge in [0, 0.05) is 16.3 Å².